The molecule has 31 heavy (non-hydrogen) atoms. The third-order valence-electron chi connectivity index (χ3n) is 4.67. The SMILES string of the molecule is COc1ccc(/C=C2\Oc3cc(OCC(=O)N[C@@H](C(=O)O)C(C)C)ccc3C2=O)cc1. The van der Waals surface area contributed by atoms with Crippen LogP contribution in [0.15, 0.2) is 48.2 Å². The highest BCUT2D eigenvalue weighted by Crippen LogP contribution is 2.35. The van der Waals surface area contributed by atoms with E-state index in [1.807, 2.05) is 0 Å². The van der Waals surface area contributed by atoms with E-state index in [1.54, 1.807) is 63.4 Å². The number of carbonyl (C=O) groups is 3. The molecule has 162 valence electrons. The Kier molecular flexibility index (Phi) is 6.59. The molecule has 1 aliphatic rings. The second-order valence-corrected chi connectivity index (χ2v) is 7.29. The van der Waals surface area contributed by atoms with Crippen molar-refractivity contribution in [2.24, 2.45) is 5.92 Å². The van der Waals surface area contributed by atoms with Crippen LogP contribution in [0.25, 0.3) is 6.08 Å². The molecule has 0 saturated heterocycles. The van der Waals surface area contributed by atoms with E-state index in [9.17, 15) is 14.4 Å². The van der Waals surface area contributed by atoms with Crippen LogP contribution in [0.3, 0.4) is 0 Å². The number of hydrogen-bond donors (Lipinski definition) is 2. The predicted molar refractivity (Wildman–Crippen MR) is 112 cm³/mol. The monoisotopic (exact) mass is 425 g/mol. The summed E-state index contributed by atoms with van der Waals surface area (Å²) < 4.78 is 16.2. The van der Waals surface area contributed by atoms with Crippen molar-refractivity contribution in [3.63, 3.8) is 0 Å². The number of benzene rings is 2. The van der Waals surface area contributed by atoms with Crippen LogP contribution < -0.4 is 19.5 Å². The van der Waals surface area contributed by atoms with Gasteiger partial charge in [-0.25, -0.2) is 4.79 Å². The van der Waals surface area contributed by atoms with Crippen molar-refractivity contribution in [3.8, 4) is 17.2 Å². The number of allylic oxidation sites excluding steroid dienone is 1. The normalized spacial score (nSPS) is 14.7. The summed E-state index contributed by atoms with van der Waals surface area (Å²) in [5.41, 5.74) is 1.17. The molecular formula is C23H23NO7. The Balaban J connectivity index is 1.65. The zero-order valence-electron chi connectivity index (χ0n) is 17.4. The first-order chi connectivity index (χ1) is 14.8. The molecule has 0 bridgehead atoms. The molecule has 0 fully saturated rings. The molecule has 1 amide bonds. The number of rotatable bonds is 8. The molecule has 3 rings (SSSR count). The zero-order valence-corrected chi connectivity index (χ0v) is 17.4. The van der Waals surface area contributed by atoms with Gasteiger partial charge in [-0.3, -0.25) is 9.59 Å². The first-order valence-corrected chi connectivity index (χ1v) is 9.66. The molecule has 8 heteroatoms. The van der Waals surface area contributed by atoms with E-state index in [1.165, 1.54) is 6.07 Å². The molecule has 0 aromatic heterocycles. The fourth-order valence-electron chi connectivity index (χ4n) is 2.99. The highest BCUT2D eigenvalue weighted by Gasteiger charge is 2.28. The van der Waals surface area contributed by atoms with E-state index >= 15 is 0 Å². The van der Waals surface area contributed by atoms with Crippen LogP contribution in [0, 0.1) is 5.92 Å². The van der Waals surface area contributed by atoms with Crippen molar-refractivity contribution in [1.29, 1.82) is 0 Å². The van der Waals surface area contributed by atoms with Crippen LogP contribution >= 0.6 is 0 Å². The first-order valence-electron chi connectivity index (χ1n) is 9.66. The lowest BCUT2D eigenvalue weighted by atomic mass is 10.1. The van der Waals surface area contributed by atoms with Gasteiger partial charge in [0.15, 0.2) is 12.4 Å². The van der Waals surface area contributed by atoms with E-state index < -0.39 is 17.9 Å². The Morgan fingerprint density at radius 3 is 2.42 bits per heavy atom. The zero-order chi connectivity index (χ0) is 22.5. The number of carboxylic acids is 1. The van der Waals surface area contributed by atoms with E-state index in [0.29, 0.717) is 22.8 Å². The number of ketones is 1. The maximum absolute atomic E-state index is 12.6. The standard InChI is InChI=1S/C23H23NO7/c1-13(2)21(23(27)28)24-20(25)12-30-16-8-9-17-18(11-16)31-19(22(17)26)10-14-4-6-15(29-3)7-5-14/h4-11,13,21H,12H2,1-3H3,(H,24,25)(H,27,28)/b19-10-/t21-/m1/s1. The van der Waals surface area contributed by atoms with Crippen LogP contribution in [0.5, 0.6) is 17.2 Å². The summed E-state index contributed by atoms with van der Waals surface area (Å²) in [4.78, 5) is 35.8. The Labute approximate surface area is 179 Å². The van der Waals surface area contributed by atoms with Gasteiger partial charge in [0.2, 0.25) is 5.78 Å². The smallest absolute Gasteiger partial charge is 0.326 e. The van der Waals surface area contributed by atoms with Crippen molar-refractivity contribution in [2.75, 3.05) is 13.7 Å². The summed E-state index contributed by atoms with van der Waals surface area (Å²) in [7, 11) is 1.58. The quantitative estimate of drug-likeness (QED) is 0.626. The number of hydrogen-bond acceptors (Lipinski definition) is 6. The van der Waals surface area contributed by atoms with Crippen molar-refractivity contribution in [3.05, 3.63) is 59.4 Å². The average molecular weight is 425 g/mol. The third kappa shape index (κ3) is 5.22. The Bertz CT molecular complexity index is 1020. The Morgan fingerprint density at radius 2 is 1.81 bits per heavy atom. The number of carbonyl (C=O) groups excluding carboxylic acids is 2. The second-order valence-electron chi connectivity index (χ2n) is 7.29. The molecule has 0 radical (unpaired) electrons. The van der Waals surface area contributed by atoms with Crippen molar-refractivity contribution in [2.45, 2.75) is 19.9 Å². The number of nitrogens with one attached hydrogen (secondary N) is 1. The van der Waals surface area contributed by atoms with Gasteiger partial charge in [0, 0.05) is 6.07 Å². The van der Waals surface area contributed by atoms with Crippen molar-refractivity contribution in [1.82, 2.24) is 5.32 Å². The first kappa shape index (κ1) is 21.9. The van der Waals surface area contributed by atoms with Gasteiger partial charge in [-0.05, 0) is 41.8 Å². The van der Waals surface area contributed by atoms with Gasteiger partial charge in [-0.15, -0.1) is 0 Å². The van der Waals surface area contributed by atoms with E-state index in [2.05, 4.69) is 5.32 Å². The van der Waals surface area contributed by atoms with Gasteiger partial charge in [-0.2, -0.15) is 0 Å². The summed E-state index contributed by atoms with van der Waals surface area (Å²) in [6, 6.07) is 10.8. The second kappa shape index (κ2) is 9.34. The number of ether oxygens (including phenoxy) is 3. The van der Waals surface area contributed by atoms with Crippen molar-refractivity contribution >= 4 is 23.7 Å². The molecule has 0 saturated carbocycles. The fraction of sp³-hybridized carbons (Fsp3) is 0.261. The van der Waals surface area contributed by atoms with Crippen LogP contribution in [-0.4, -0.2) is 42.5 Å². The molecule has 1 heterocycles. The lowest BCUT2D eigenvalue weighted by Crippen LogP contribution is -2.46. The topological polar surface area (TPSA) is 111 Å². The summed E-state index contributed by atoms with van der Waals surface area (Å²) in [6.45, 7) is 3.04. The lowest BCUT2D eigenvalue weighted by Gasteiger charge is -2.18. The van der Waals surface area contributed by atoms with Crippen LogP contribution in [0.1, 0.15) is 29.8 Å². The van der Waals surface area contributed by atoms with Crippen LogP contribution in [-0.2, 0) is 9.59 Å². The summed E-state index contributed by atoms with van der Waals surface area (Å²) in [5.74, 6) is -0.651. The van der Waals surface area contributed by atoms with Gasteiger partial charge in [0.05, 0.1) is 12.7 Å². The van der Waals surface area contributed by atoms with Gasteiger partial charge in [0.25, 0.3) is 5.91 Å². The van der Waals surface area contributed by atoms with Gasteiger partial charge in [0.1, 0.15) is 23.3 Å². The van der Waals surface area contributed by atoms with Gasteiger partial charge >= 0.3 is 5.97 Å². The number of methoxy groups -OCH3 is 1. The predicted octanol–water partition coefficient (Wildman–Crippen LogP) is 2.92. The molecule has 1 aliphatic heterocycles. The van der Waals surface area contributed by atoms with E-state index in [0.717, 1.165) is 5.56 Å². The summed E-state index contributed by atoms with van der Waals surface area (Å²) in [5, 5.41) is 11.6. The minimum absolute atomic E-state index is 0.177. The maximum Gasteiger partial charge on any atom is 0.326 e. The molecule has 0 aliphatic carbocycles. The molecule has 0 unspecified atom stereocenters. The molecule has 2 N–H and O–H groups in total. The molecule has 2 aromatic rings. The maximum atomic E-state index is 12.6. The van der Waals surface area contributed by atoms with Crippen LogP contribution in [0.2, 0.25) is 0 Å². The van der Waals surface area contributed by atoms with E-state index in [4.69, 9.17) is 19.3 Å². The summed E-state index contributed by atoms with van der Waals surface area (Å²) >= 11 is 0. The van der Waals surface area contributed by atoms with Crippen molar-refractivity contribution < 1.29 is 33.7 Å². The number of amides is 1. The number of Topliss-reactive ketones (excluding diaryl/α,β-unsaturated/α-hetero) is 1. The molecule has 8 nitrogen and oxygen atoms in total. The fourth-order valence-corrected chi connectivity index (χ4v) is 2.99. The molecular weight excluding hydrogens is 402 g/mol. The lowest BCUT2D eigenvalue weighted by molar-refractivity contribution is -0.143. The minimum atomic E-state index is -1.11. The van der Waals surface area contributed by atoms with Gasteiger partial charge < -0.3 is 24.6 Å². The van der Waals surface area contributed by atoms with Gasteiger partial charge in [-0.1, -0.05) is 26.0 Å². The summed E-state index contributed by atoms with van der Waals surface area (Å²) in [6.07, 6.45) is 1.63. The Morgan fingerprint density at radius 1 is 1.13 bits per heavy atom. The highest BCUT2D eigenvalue weighted by atomic mass is 16.5. The van der Waals surface area contributed by atoms with E-state index in [-0.39, 0.29) is 24.1 Å². The number of carboxylic acid groups (broad SMARTS) is 1. The minimum Gasteiger partial charge on any atom is -0.497 e. The number of aliphatic carboxylic acids is 1. The largest absolute Gasteiger partial charge is 0.497 e. The Hall–Kier alpha value is -3.81. The van der Waals surface area contributed by atoms with Crippen LogP contribution in [0.4, 0.5) is 0 Å². The molecule has 0 spiro atoms. The average Bonchev–Trinajstić information content (AvgIpc) is 3.05. The molecule has 1 atom stereocenters. The third-order valence-corrected chi connectivity index (χ3v) is 4.67. The number of fused-ring (bicyclic) bond motifs is 1. The molecule has 2 aromatic carbocycles. The highest BCUT2D eigenvalue weighted by molar-refractivity contribution is 6.14.